The van der Waals surface area contributed by atoms with E-state index >= 15 is 0 Å². The molecule has 182 valence electrons. The Labute approximate surface area is 212 Å². The van der Waals surface area contributed by atoms with Crippen LogP contribution in [0.1, 0.15) is 24.0 Å². The molecule has 0 fully saturated rings. The fraction of sp³-hybridized carbons (Fsp3) is 0.280. The van der Waals surface area contributed by atoms with E-state index in [2.05, 4.69) is 16.7 Å². The maximum Gasteiger partial charge on any atom is 0.319 e. The number of esters is 1. The summed E-state index contributed by atoms with van der Waals surface area (Å²) in [6.45, 7) is 4.14. The summed E-state index contributed by atoms with van der Waals surface area (Å²) < 4.78 is 10.3. The predicted molar refractivity (Wildman–Crippen MR) is 134 cm³/mol. The van der Waals surface area contributed by atoms with Crippen LogP contribution in [0, 0.1) is 24.2 Å². The van der Waals surface area contributed by atoms with Gasteiger partial charge in [0.2, 0.25) is 11.8 Å². The highest BCUT2D eigenvalue weighted by Crippen LogP contribution is 2.42. The maximum atomic E-state index is 13.0. The summed E-state index contributed by atoms with van der Waals surface area (Å²) in [5.74, 6) is -3.59. The molecule has 0 radical (unpaired) electrons. The zero-order valence-electron chi connectivity index (χ0n) is 19.4. The number of benzene rings is 2. The monoisotopic (exact) mass is 513 g/mol. The van der Waals surface area contributed by atoms with Gasteiger partial charge < -0.3 is 20.1 Å². The van der Waals surface area contributed by atoms with Crippen molar-refractivity contribution < 1.29 is 23.9 Å². The first-order valence-electron chi connectivity index (χ1n) is 10.7. The van der Waals surface area contributed by atoms with Crippen LogP contribution in [0.3, 0.4) is 0 Å². The van der Waals surface area contributed by atoms with Crippen molar-refractivity contribution in [3.63, 3.8) is 0 Å². The molecule has 0 saturated carbocycles. The van der Waals surface area contributed by atoms with Gasteiger partial charge in [-0.25, -0.2) is 0 Å². The highest BCUT2D eigenvalue weighted by atomic mass is 35.5. The van der Waals surface area contributed by atoms with Crippen molar-refractivity contribution in [1.82, 2.24) is 5.32 Å². The minimum Gasteiger partial charge on any atom is -0.492 e. The minimum atomic E-state index is -1.30. The van der Waals surface area contributed by atoms with Gasteiger partial charge in [-0.05, 0) is 49.2 Å². The van der Waals surface area contributed by atoms with Gasteiger partial charge in [-0.15, -0.1) is 0 Å². The Morgan fingerprint density at radius 2 is 2.03 bits per heavy atom. The van der Waals surface area contributed by atoms with Gasteiger partial charge >= 0.3 is 5.97 Å². The van der Waals surface area contributed by atoms with Crippen molar-refractivity contribution in [2.45, 2.75) is 19.8 Å². The zero-order valence-corrected chi connectivity index (χ0v) is 21.0. The van der Waals surface area contributed by atoms with Crippen molar-refractivity contribution >= 4 is 46.8 Å². The number of nitrogens with zero attached hydrogens (tertiary/aromatic N) is 1. The maximum absolute atomic E-state index is 13.0. The summed E-state index contributed by atoms with van der Waals surface area (Å²) in [5, 5.41) is 15.9. The van der Waals surface area contributed by atoms with Crippen molar-refractivity contribution in [3.8, 4) is 11.8 Å². The van der Waals surface area contributed by atoms with Crippen LogP contribution in [-0.4, -0.2) is 37.3 Å². The molecule has 0 spiro atoms. The fourth-order valence-electron chi connectivity index (χ4n) is 3.72. The standard InChI is InChI=1S/C25H24ClN3O5S/c1-4-34-19-9-8-15(11-18(19)26)21-17(12-27)24(29-23(31)22(21)25(32)33-3)35-13-20(30)28-16-7-5-6-14(2)10-16/h5-11,21-22H,4,13H2,1-3H3,(H,28,30)(H,29,31)/t21-,22+/m1/s1. The number of nitriles is 1. The summed E-state index contributed by atoms with van der Waals surface area (Å²) >= 11 is 7.35. The SMILES string of the molecule is CCOc1ccc([C@@H]2C(C#N)=C(SCC(=O)Nc3cccc(C)c3)NC(=O)[C@H]2C(=O)OC)cc1Cl. The number of carbonyl (C=O) groups excluding carboxylic acids is 3. The first-order valence-corrected chi connectivity index (χ1v) is 12.1. The number of halogens is 1. The fourth-order valence-corrected chi connectivity index (χ4v) is 4.81. The average Bonchev–Trinajstić information content (AvgIpc) is 2.83. The van der Waals surface area contributed by atoms with Gasteiger partial charge in [0.25, 0.3) is 0 Å². The summed E-state index contributed by atoms with van der Waals surface area (Å²) in [4.78, 5) is 38.0. The predicted octanol–water partition coefficient (Wildman–Crippen LogP) is 4.16. The topological polar surface area (TPSA) is 118 Å². The smallest absolute Gasteiger partial charge is 0.319 e. The first-order chi connectivity index (χ1) is 16.8. The quantitative estimate of drug-likeness (QED) is 0.402. The number of carbonyl (C=O) groups is 3. The summed E-state index contributed by atoms with van der Waals surface area (Å²) in [5.41, 5.74) is 2.25. The van der Waals surface area contributed by atoms with E-state index in [0.29, 0.717) is 23.6 Å². The number of aryl methyl sites for hydroxylation is 1. The molecule has 0 unspecified atom stereocenters. The Morgan fingerprint density at radius 1 is 1.26 bits per heavy atom. The Kier molecular flexibility index (Phi) is 8.79. The lowest BCUT2D eigenvalue weighted by molar-refractivity contribution is -0.150. The van der Waals surface area contributed by atoms with Crippen molar-refractivity contribution in [2.75, 3.05) is 24.8 Å². The Hall–Kier alpha value is -3.48. The molecule has 2 aromatic rings. The number of nitrogens with one attached hydrogen (secondary N) is 2. The van der Waals surface area contributed by atoms with Crippen molar-refractivity contribution in [3.05, 3.63) is 69.2 Å². The number of rotatable bonds is 8. The van der Waals surface area contributed by atoms with Crippen LogP contribution in [-0.2, 0) is 19.1 Å². The highest BCUT2D eigenvalue weighted by Gasteiger charge is 2.44. The molecule has 1 aliphatic heterocycles. The molecular formula is C25H24ClN3O5S. The van der Waals surface area contributed by atoms with Crippen LogP contribution >= 0.6 is 23.4 Å². The molecule has 3 rings (SSSR count). The number of anilines is 1. The molecule has 0 aliphatic carbocycles. The molecule has 2 N–H and O–H groups in total. The van der Waals surface area contributed by atoms with E-state index in [-0.39, 0.29) is 27.3 Å². The molecule has 10 heteroatoms. The number of methoxy groups -OCH3 is 1. The number of hydrogen-bond donors (Lipinski definition) is 2. The molecule has 2 aromatic carbocycles. The number of thioether (sulfide) groups is 1. The molecule has 1 aliphatic rings. The Balaban J connectivity index is 1.93. The molecule has 8 nitrogen and oxygen atoms in total. The molecule has 0 saturated heterocycles. The van der Waals surface area contributed by atoms with Crippen LogP contribution in [0.2, 0.25) is 5.02 Å². The number of amides is 2. The van der Waals surface area contributed by atoms with Crippen molar-refractivity contribution in [2.24, 2.45) is 5.92 Å². The lowest BCUT2D eigenvalue weighted by atomic mass is 9.78. The van der Waals surface area contributed by atoms with E-state index < -0.39 is 23.7 Å². The van der Waals surface area contributed by atoms with Gasteiger partial charge in [-0.1, -0.05) is 41.6 Å². The molecule has 1 heterocycles. The number of allylic oxidation sites excluding steroid dienone is 1. The molecule has 2 atom stereocenters. The van der Waals surface area contributed by atoms with Crippen LogP contribution in [0.4, 0.5) is 5.69 Å². The molecule has 35 heavy (non-hydrogen) atoms. The number of ether oxygens (including phenoxy) is 2. The van der Waals surface area contributed by atoms with E-state index in [1.54, 1.807) is 24.3 Å². The molecule has 0 aromatic heterocycles. The van der Waals surface area contributed by atoms with Gasteiger partial charge in [-0.3, -0.25) is 14.4 Å². The first kappa shape index (κ1) is 26.1. The van der Waals surface area contributed by atoms with E-state index in [1.165, 1.54) is 7.11 Å². The van der Waals surface area contributed by atoms with E-state index in [1.807, 2.05) is 32.0 Å². The summed E-state index contributed by atoms with van der Waals surface area (Å²) in [6.07, 6.45) is 0. The van der Waals surface area contributed by atoms with E-state index in [4.69, 9.17) is 21.1 Å². The normalized spacial score (nSPS) is 17.3. The van der Waals surface area contributed by atoms with Crippen molar-refractivity contribution in [1.29, 1.82) is 5.26 Å². The Morgan fingerprint density at radius 3 is 2.66 bits per heavy atom. The lowest BCUT2D eigenvalue weighted by Crippen LogP contribution is -2.44. The highest BCUT2D eigenvalue weighted by molar-refractivity contribution is 8.03. The van der Waals surface area contributed by atoms with Crippen LogP contribution < -0.4 is 15.4 Å². The van der Waals surface area contributed by atoms with Gasteiger partial charge in [0.15, 0.2) is 0 Å². The summed E-state index contributed by atoms with van der Waals surface area (Å²) in [6, 6.07) is 14.3. The molecule has 2 amide bonds. The second-order valence-electron chi connectivity index (χ2n) is 7.65. The zero-order chi connectivity index (χ0) is 25.5. The van der Waals surface area contributed by atoms with Gasteiger partial charge in [0.05, 0.1) is 41.2 Å². The second kappa shape index (κ2) is 11.8. The lowest BCUT2D eigenvalue weighted by Gasteiger charge is -2.31. The molecular weight excluding hydrogens is 490 g/mol. The number of hydrogen-bond acceptors (Lipinski definition) is 7. The summed E-state index contributed by atoms with van der Waals surface area (Å²) in [7, 11) is 1.17. The van der Waals surface area contributed by atoms with E-state index in [9.17, 15) is 19.6 Å². The Bertz CT molecular complexity index is 1220. The van der Waals surface area contributed by atoms with E-state index in [0.717, 1.165) is 17.3 Å². The third-order valence-corrected chi connectivity index (χ3v) is 6.56. The minimum absolute atomic E-state index is 0.0611. The van der Waals surface area contributed by atoms with Gasteiger partial charge in [0, 0.05) is 11.6 Å². The largest absolute Gasteiger partial charge is 0.492 e. The molecule has 0 bridgehead atoms. The van der Waals surface area contributed by atoms with Gasteiger partial charge in [-0.2, -0.15) is 5.26 Å². The average molecular weight is 514 g/mol. The van der Waals surface area contributed by atoms with Crippen LogP contribution in [0.5, 0.6) is 5.75 Å². The third kappa shape index (κ3) is 6.15. The van der Waals surface area contributed by atoms with Gasteiger partial charge in [0.1, 0.15) is 11.7 Å². The van der Waals surface area contributed by atoms with Crippen LogP contribution in [0.15, 0.2) is 53.1 Å². The third-order valence-electron chi connectivity index (χ3n) is 5.25. The second-order valence-corrected chi connectivity index (χ2v) is 9.04. The van der Waals surface area contributed by atoms with Crippen LogP contribution in [0.25, 0.3) is 0 Å².